The van der Waals surface area contributed by atoms with E-state index in [1.807, 2.05) is 0 Å². The van der Waals surface area contributed by atoms with E-state index in [0.717, 1.165) is 30.6 Å². The van der Waals surface area contributed by atoms with Gasteiger partial charge in [-0.15, -0.1) is 11.3 Å². The lowest BCUT2D eigenvalue weighted by Gasteiger charge is -2.25. The fourth-order valence-corrected chi connectivity index (χ4v) is 6.34. The molecule has 0 spiro atoms. The van der Waals surface area contributed by atoms with Gasteiger partial charge >= 0.3 is 11.9 Å². The van der Waals surface area contributed by atoms with E-state index in [1.54, 1.807) is 13.8 Å². The number of carbonyl (C=O) groups is 3. The fourth-order valence-electron chi connectivity index (χ4n) is 3.74. The Bertz CT molecular complexity index is 1200. The molecule has 1 aromatic carbocycles. The molecule has 196 valence electrons. The van der Waals surface area contributed by atoms with Crippen molar-refractivity contribution in [1.29, 1.82) is 0 Å². The average Bonchev–Trinajstić information content (AvgIpc) is 3.20. The number of thiophene rings is 1. The number of amides is 1. The molecule has 1 aliphatic heterocycles. The van der Waals surface area contributed by atoms with Crippen LogP contribution in [0, 0.1) is 6.92 Å². The number of hydrogen-bond acceptors (Lipinski definition) is 9. The van der Waals surface area contributed by atoms with Gasteiger partial charge in [-0.25, -0.2) is 18.0 Å². The molecule has 12 heteroatoms. The monoisotopic (exact) mass is 538 g/mol. The fraction of sp³-hybridized carbons (Fsp3) is 0.458. The summed E-state index contributed by atoms with van der Waals surface area (Å²) in [6, 6.07) is 5.61. The zero-order valence-electron chi connectivity index (χ0n) is 20.5. The molecule has 0 bridgehead atoms. The number of piperidine rings is 1. The van der Waals surface area contributed by atoms with Crippen LogP contribution in [0.3, 0.4) is 0 Å². The van der Waals surface area contributed by atoms with Crippen molar-refractivity contribution >= 4 is 44.2 Å². The Morgan fingerprint density at radius 3 is 2.28 bits per heavy atom. The molecule has 2 aromatic rings. The maximum absolute atomic E-state index is 13.0. The van der Waals surface area contributed by atoms with E-state index in [9.17, 15) is 22.8 Å². The summed E-state index contributed by atoms with van der Waals surface area (Å²) in [5.74, 6) is -1.89. The number of methoxy groups -OCH3 is 1. The molecule has 0 atom stereocenters. The second-order valence-corrected chi connectivity index (χ2v) is 11.0. The highest BCUT2D eigenvalue weighted by Gasteiger charge is 2.29. The van der Waals surface area contributed by atoms with Crippen molar-refractivity contribution in [1.82, 2.24) is 4.31 Å². The standard InChI is InChI=1S/C24H30N2O8S2/c1-4-33-23(28)19-16(2)20(24(29)34-15-14-32-3)35-22(19)25-21(27)17-8-10-18(11-9-17)36(30,31)26-12-6-5-7-13-26/h8-11H,4-7,12-15H2,1-3H3,(H,25,27). The zero-order valence-corrected chi connectivity index (χ0v) is 22.1. The van der Waals surface area contributed by atoms with Crippen LogP contribution in [0.15, 0.2) is 29.2 Å². The summed E-state index contributed by atoms with van der Waals surface area (Å²) >= 11 is 0.905. The van der Waals surface area contributed by atoms with E-state index in [0.29, 0.717) is 18.7 Å². The van der Waals surface area contributed by atoms with Crippen molar-refractivity contribution in [2.24, 2.45) is 0 Å². The molecule has 1 amide bonds. The Kier molecular flexibility index (Phi) is 9.60. The van der Waals surface area contributed by atoms with E-state index in [2.05, 4.69) is 5.32 Å². The van der Waals surface area contributed by atoms with Gasteiger partial charge in [-0.2, -0.15) is 4.31 Å². The second kappa shape index (κ2) is 12.4. The summed E-state index contributed by atoms with van der Waals surface area (Å²) in [4.78, 5) is 38.3. The molecule has 1 aromatic heterocycles. The minimum Gasteiger partial charge on any atom is -0.462 e. The Hall–Kier alpha value is -2.80. The average molecular weight is 539 g/mol. The van der Waals surface area contributed by atoms with Gasteiger partial charge in [0.05, 0.1) is 23.7 Å². The van der Waals surface area contributed by atoms with Gasteiger partial charge in [0.25, 0.3) is 5.91 Å². The molecular formula is C24H30N2O8S2. The van der Waals surface area contributed by atoms with Crippen LogP contribution in [0.1, 0.15) is 62.1 Å². The summed E-state index contributed by atoms with van der Waals surface area (Å²) in [5.41, 5.74) is 0.593. The van der Waals surface area contributed by atoms with Gasteiger partial charge in [0.2, 0.25) is 10.0 Å². The second-order valence-electron chi connectivity index (χ2n) is 8.05. The molecule has 2 heterocycles. The smallest absolute Gasteiger partial charge is 0.348 e. The molecule has 1 saturated heterocycles. The Morgan fingerprint density at radius 1 is 1.00 bits per heavy atom. The lowest BCUT2D eigenvalue weighted by Crippen LogP contribution is -2.35. The van der Waals surface area contributed by atoms with Crippen LogP contribution in [0.25, 0.3) is 0 Å². The lowest BCUT2D eigenvalue weighted by atomic mass is 10.1. The molecular weight excluding hydrogens is 508 g/mol. The highest BCUT2D eigenvalue weighted by Crippen LogP contribution is 2.35. The van der Waals surface area contributed by atoms with E-state index in [-0.39, 0.29) is 45.7 Å². The van der Waals surface area contributed by atoms with Crippen molar-refractivity contribution in [3.8, 4) is 0 Å². The van der Waals surface area contributed by atoms with Gasteiger partial charge in [-0.3, -0.25) is 4.79 Å². The third kappa shape index (κ3) is 6.30. The third-order valence-electron chi connectivity index (χ3n) is 5.63. The minimum absolute atomic E-state index is 0.0375. The number of nitrogens with one attached hydrogen (secondary N) is 1. The van der Waals surface area contributed by atoms with Crippen molar-refractivity contribution in [2.45, 2.75) is 38.0 Å². The Balaban J connectivity index is 1.83. The molecule has 1 N–H and O–H groups in total. The van der Waals surface area contributed by atoms with Gasteiger partial charge < -0.3 is 19.5 Å². The maximum Gasteiger partial charge on any atom is 0.348 e. The van der Waals surface area contributed by atoms with E-state index in [1.165, 1.54) is 35.7 Å². The topological polar surface area (TPSA) is 128 Å². The summed E-state index contributed by atoms with van der Waals surface area (Å²) in [6.45, 7) is 4.55. The first kappa shape index (κ1) is 27.8. The zero-order chi connectivity index (χ0) is 26.3. The summed E-state index contributed by atoms with van der Waals surface area (Å²) in [7, 11) is -2.15. The normalized spacial score (nSPS) is 14.3. The van der Waals surface area contributed by atoms with Crippen molar-refractivity contribution in [2.75, 3.05) is 45.3 Å². The van der Waals surface area contributed by atoms with Gasteiger partial charge in [-0.1, -0.05) is 6.42 Å². The van der Waals surface area contributed by atoms with Crippen LogP contribution < -0.4 is 5.32 Å². The number of esters is 2. The number of carbonyl (C=O) groups excluding carboxylic acids is 3. The van der Waals surface area contributed by atoms with Crippen molar-refractivity contribution in [3.05, 3.63) is 45.8 Å². The molecule has 3 rings (SSSR count). The number of hydrogen-bond donors (Lipinski definition) is 1. The van der Waals surface area contributed by atoms with E-state index in [4.69, 9.17) is 14.2 Å². The van der Waals surface area contributed by atoms with E-state index < -0.39 is 27.9 Å². The van der Waals surface area contributed by atoms with Crippen LogP contribution in [0.5, 0.6) is 0 Å². The third-order valence-corrected chi connectivity index (χ3v) is 8.73. The van der Waals surface area contributed by atoms with Gasteiger partial charge in [0.1, 0.15) is 16.5 Å². The van der Waals surface area contributed by atoms with Crippen LogP contribution in [0.2, 0.25) is 0 Å². The van der Waals surface area contributed by atoms with Crippen LogP contribution >= 0.6 is 11.3 Å². The summed E-state index contributed by atoms with van der Waals surface area (Å²) in [5, 5.41) is 2.80. The first-order valence-electron chi connectivity index (χ1n) is 11.6. The van der Waals surface area contributed by atoms with Gasteiger partial charge in [0.15, 0.2) is 0 Å². The number of anilines is 1. The van der Waals surface area contributed by atoms with Crippen molar-refractivity contribution in [3.63, 3.8) is 0 Å². The molecule has 1 aliphatic rings. The maximum atomic E-state index is 13.0. The number of nitrogens with zero attached hydrogens (tertiary/aromatic N) is 1. The highest BCUT2D eigenvalue weighted by atomic mass is 32.2. The molecule has 0 radical (unpaired) electrons. The minimum atomic E-state index is -3.63. The van der Waals surface area contributed by atoms with Gasteiger partial charge in [-0.05, 0) is 56.5 Å². The Morgan fingerprint density at radius 2 is 1.67 bits per heavy atom. The predicted octanol–water partition coefficient (Wildman–Crippen LogP) is 3.46. The first-order chi connectivity index (χ1) is 17.2. The number of rotatable bonds is 10. The number of sulfonamides is 1. The highest BCUT2D eigenvalue weighted by molar-refractivity contribution is 7.89. The number of ether oxygens (including phenoxy) is 3. The van der Waals surface area contributed by atoms with E-state index >= 15 is 0 Å². The summed E-state index contributed by atoms with van der Waals surface area (Å²) < 4.78 is 42.3. The van der Waals surface area contributed by atoms with Crippen LogP contribution in [0.4, 0.5) is 5.00 Å². The number of benzene rings is 1. The van der Waals surface area contributed by atoms with Crippen molar-refractivity contribution < 1.29 is 37.0 Å². The van der Waals surface area contributed by atoms with Gasteiger partial charge in [0, 0.05) is 25.8 Å². The quantitative estimate of drug-likeness (QED) is 0.360. The van der Waals surface area contributed by atoms with Crippen LogP contribution in [-0.4, -0.2) is 70.6 Å². The molecule has 1 fully saturated rings. The Labute approximate surface area is 214 Å². The molecule has 36 heavy (non-hydrogen) atoms. The first-order valence-corrected chi connectivity index (χ1v) is 13.8. The predicted molar refractivity (Wildman–Crippen MR) is 134 cm³/mol. The molecule has 0 unspecified atom stereocenters. The largest absolute Gasteiger partial charge is 0.462 e. The molecule has 0 aliphatic carbocycles. The lowest BCUT2D eigenvalue weighted by molar-refractivity contribution is 0.0392. The summed E-state index contributed by atoms with van der Waals surface area (Å²) in [6.07, 6.45) is 2.66. The van der Waals surface area contributed by atoms with Crippen LogP contribution in [-0.2, 0) is 24.2 Å². The SMILES string of the molecule is CCOC(=O)c1c(NC(=O)c2ccc(S(=O)(=O)N3CCCCC3)cc2)sc(C(=O)OCCOC)c1C. The molecule has 10 nitrogen and oxygen atoms in total. The molecule has 0 saturated carbocycles.